The summed E-state index contributed by atoms with van der Waals surface area (Å²) in [5.41, 5.74) is 3.15. The van der Waals surface area contributed by atoms with Gasteiger partial charge in [-0.05, 0) is 41.9 Å². The molecule has 0 spiro atoms. The lowest BCUT2D eigenvalue weighted by Gasteiger charge is -2.33. The summed E-state index contributed by atoms with van der Waals surface area (Å²) in [4.78, 5) is 39.5. The average Bonchev–Trinajstić information content (AvgIpc) is 3.46. The number of hydrogen-bond donors (Lipinski definition) is 3. The van der Waals surface area contributed by atoms with Crippen LogP contribution in [0.2, 0.25) is 0 Å². The van der Waals surface area contributed by atoms with E-state index in [-0.39, 0.29) is 29.5 Å². The minimum atomic E-state index is -0.682. The van der Waals surface area contributed by atoms with Gasteiger partial charge < -0.3 is 16.0 Å². The lowest BCUT2D eigenvalue weighted by molar-refractivity contribution is -0.124. The molecule has 3 aromatic rings. The lowest BCUT2D eigenvalue weighted by Crippen LogP contribution is -2.49. The van der Waals surface area contributed by atoms with E-state index in [1.165, 1.54) is 6.42 Å². The fourth-order valence-corrected chi connectivity index (χ4v) is 6.13. The van der Waals surface area contributed by atoms with Crippen molar-refractivity contribution in [1.82, 2.24) is 30.9 Å². The molecular weight excluding hydrogens is 504 g/mol. The van der Waals surface area contributed by atoms with E-state index >= 15 is 0 Å². The topological polar surface area (TPSA) is 118 Å². The van der Waals surface area contributed by atoms with Crippen molar-refractivity contribution in [2.75, 3.05) is 7.05 Å². The van der Waals surface area contributed by atoms with E-state index in [1.807, 2.05) is 54.6 Å². The number of carbonyl (C=O) groups excluding carboxylic acids is 3. The molecule has 1 fully saturated rings. The van der Waals surface area contributed by atoms with E-state index in [9.17, 15) is 14.4 Å². The first-order valence-electron chi connectivity index (χ1n) is 14.4. The van der Waals surface area contributed by atoms with Crippen LogP contribution in [0.15, 0.2) is 60.8 Å². The molecule has 2 aliphatic rings. The highest BCUT2D eigenvalue weighted by Crippen LogP contribution is 2.37. The molecule has 40 heavy (non-hydrogen) atoms. The molecule has 9 heteroatoms. The van der Waals surface area contributed by atoms with E-state index in [1.54, 1.807) is 17.9 Å². The molecule has 2 aromatic carbocycles. The summed E-state index contributed by atoms with van der Waals surface area (Å²) in [6.45, 7) is 0.505. The van der Waals surface area contributed by atoms with Crippen molar-refractivity contribution in [3.05, 3.63) is 83.2 Å². The molecule has 3 amide bonds. The van der Waals surface area contributed by atoms with E-state index in [4.69, 9.17) is 0 Å². The third-order valence-corrected chi connectivity index (χ3v) is 8.24. The Kier molecular flexibility index (Phi) is 8.88. The first kappa shape index (κ1) is 27.6. The summed E-state index contributed by atoms with van der Waals surface area (Å²) in [7, 11) is 1.65. The predicted molar refractivity (Wildman–Crippen MR) is 151 cm³/mol. The Morgan fingerprint density at radius 1 is 0.925 bits per heavy atom. The molecule has 5 rings (SSSR count). The Morgan fingerprint density at radius 3 is 2.40 bits per heavy atom. The molecule has 0 bridgehead atoms. The van der Waals surface area contributed by atoms with Crippen LogP contribution in [0.1, 0.15) is 90.5 Å². The van der Waals surface area contributed by atoms with Gasteiger partial charge >= 0.3 is 0 Å². The van der Waals surface area contributed by atoms with Crippen molar-refractivity contribution < 1.29 is 14.4 Å². The average molecular weight is 543 g/mol. The highest BCUT2D eigenvalue weighted by molar-refractivity contribution is 5.96. The quantitative estimate of drug-likeness (QED) is 0.379. The van der Waals surface area contributed by atoms with E-state index in [2.05, 4.69) is 26.3 Å². The summed E-state index contributed by atoms with van der Waals surface area (Å²) in [6.07, 6.45) is 9.15. The molecule has 1 saturated carbocycles. The molecular formula is C31H38N6O3. The van der Waals surface area contributed by atoms with Crippen LogP contribution in [0.5, 0.6) is 0 Å². The maximum absolute atomic E-state index is 13.7. The Labute approximate surface area is 235 Å². The molecule has 3 atom stereocenters. The van der Waals surface area contributed by atoms with Crippen molar-refractivity contribution in [1.29, 1.82) is 0 Å². The summed E-state index contributed by atoms with van der Waals surface area (Å²) in [5, 5.41) is 17.1. The van der Waals surface area contributed by atoms with Gasteiger partial charge in [-0.2, -0.15) is 0 Å². The number of likely N-dealkylation sites (N-methyl/N-ethyl adjacent to an activating group) is 1. The van der Waals surface area contributed by atoms with Gasteiger partial charge in [0.2, 0.25) is 11.8 Å². The van der Waals surface area contributed by atoms with Crippen molar-refractivity contribution in [3.63, 3.8) is 0 Å². The molecule has 0 saturated heterocycles. The zero-order valence-corrected chi connectivity index (χ0v) is 23.0. The fourth-order valence-electron chi connectivity index (χ4n) is 6.13. The molecule has 2 aliphatic carbocycles. The number of aromatic nitrogens is 3. The molecule has 1 heterocycles. The van der Waals surface area contributed by atoms with Gasteiger partial charge in [0, 0.05) is 7.05 Å². The molecule has 1 aromatic heterocycles. The van der Waals surface area contributed by atoms with Gasteiger partial charge in [0.1, 0.15) is 6.04 Å². The number of nitrogens with zero attached hydrogens (tertiary/aromatic N) is 3. The second-order valence-electron chi connectivity index (χ2n) is 11.0. The third kappa shape index (κ3) is 6.58. The third-order valence-electron chi connectivity index (χ3n) is 8.24. The summed E-state index contributed by atoms with van der Waals surface area (Å²) in [6, 6.07) is 16.8. The number of rotatable bonds is 9. The number of nitrogens with one attached hydrogen (secondary N) is 3. The van der Waals surface area contributed by atoms with Crippen LogP contribution in [0, 0.1) is 5.92 Å². The Bertz CT molecular complexity index is 1320. The Hall–Kier alpha value is -4.01. The monoisotopic (exact) mass is 542 g/mol. The highest BCUT2D eigenvalue weighted by Gasteiger charge is 2.34. The number of benzene rings is 2. The van der Waals surface area contributed by atoms with Gasteiger partial charge in [-0.25, -0.2) is 4.68 Å². The van der Waals surface area contributed by atoms with Gasteiger partial charge in [-0.1, -0.05) is 91.9 Å². The van der Waals surface area contributed by atoms with Crippen LogP contribution in [0.4, 0.5) is 0 Å². The maximum Gasteiger partial charge on any atom is 0.274 e. The number of hydrogen-bond acceptors (Lipinski definition) is 5. The van der Waals surface area contributed by atoms with Gasteiger partial charge in [0.25, 0.3) is 5.91 Å². The summed E-state index contributed by atoms with van der Waals surface area (Å²) in [5.74, 6) is -0.465. The number of carbonyl (C=O) groups is 3. The van der Waals surface area contributed by atoms with E-state index in [0.29, 0.717) is 31.7 Å². The second-order valence-corrected chi connectivity index (χ2v) is 11.0. The first-order valence-corrected chi connectivity index (χ1v) is 14.4. The van der Waals surface area contributed by atoms with Crippen LogP contribution in [-0.4, -0.2) is 45.8 Å². The molecule has 0 aliphatic heterocycles. The normalized spacial score (nSPS) is 19.7. The van der Waals surface area contributed by atoms with Crippen molar-refractivity contribution >= 4 is 17.7 Å². The van der Waals surface area contributed by atoms with Gasteiger partial charge in [-0.3, -0.25) is 14.4 Å². The van der Waals surface area contributed by atoms with Crippen LogP contribution < -0.4 is 16.0 Å². The van der Waals surface area contributed by atoms with Crippen LogP contribution in [-0.2, 0) is 16.1 Å². The Balaban J connectivity index is 1.30. The van der Waals surface area contributed by atoms with Crippen LogP contribution in [0.3, 0.4) is 0 Å². The maximum atomic E-state index is 13.7. The van der Waals surface area contributed by atoms with E-state index < -0.39 is 11.9 Å². The van der Waals surface area contributed by atoms with E-state index in [0.717, 1.165) is 42.4 Å². The Morgan fingerprint density at radius 2 is 1.65 bits per heavy atom. The lowest BCUT2D eigenvalue weighted by atomic mass is 9.79. The predicted octanol–water partition coefficient (Wildman–Crippen LogP) is 3.88. The number of amides is 3. The second kappa shape index (κ2) is 12.9. The van der Waals surface area contributed by atoms with Crippen molar-refractivity contribution in [2.45, 2.75) is 75.9 Å². The van der Waals surface area contributed by atoms with Crippen LogP contribution in [0.25, 0.3) is 0 Å². The van der Waals surface area contributed by atoms with Crippen molar-refractivity contribution in [3.8, 4) is 0 Å². The van der Waals surface area contributed by atoms with Crippen LogP contribution >= 0.6 is 0 Å². The SMILES string of the molecule is CNC(=O)C1CCC(NC(=O)C(CC2CCCCC2)NC(=O)c2cn(Cc3ccccc3)nn2)c2ccccc21. The fraction of sp³-hybridized carbons (Fsp3) is 0.452. The standard InChI is InChI=1S/C31H38N6O3/c1-32-29(38)25-16-17-26(24-15-9-8-14-23(24)25)33-30(39)27(18-21-10-4-2-5-11-21)34-31(40)28-20-37(36-35-28)19-22-12-6-3-7-13-22/h3,6-9,12-15,20-21,25-27H,2,4-5,10-11,16-19H2,1H3,(H,32,38)(H,33,39)(H,34,40). The molecule has 210 valence electrons. The first-order chi connectivity index (χ1) is 19.5. The van der Waals surface area contributed by atoms with Gasteiger partial charge in [0.05, 0.1) is 24.7 Å². The molecule has 0 radical (unpaired) electrons. The van der Waals surface area contributed by atoms with Gasteiger partial charge in [0.15, 0.2) is 5.69 Å². The zero-order valence-electron chi connectivity index (χ0n) is 23.0. The summed E-state index contributed by atoms with van der Waals surface area (Å²) >= 11 is 0. The molecule has 9 nitrogen and oxygen atoms in total. The highest BCUT2D eigenvalue weighted by atomic mass is 16.2. The largest absolute Gasteiger partial charge is 0.359 e. The van der Waals surface area contributed by atoms with Gasteiger partial charge in [-0.15, -0.1) is 5.10 Å². The number of fused-ring (bicyclic) bond motifs is 1. The molecule has 3 N–H and O–H groups in total. The minimum absolute atomic E-state index is 0.0139. The smallest absolute Gasteiger partial charge is 0.274 e. The minimum Gasteiger partial charge on any atom is -0.359 e. The summed E-state index contributed by atoms with van der Waals surface area (Å²) < 4.78 is 1.63. The molecule has 3 unspecified atom stereocenters. The zero-order chi connectivity index (χ0) is 27.9. The van der Waals surface area contributed by atoms with Crippen molar-refractivity contribution in [2.24, 2.45) is 5.92 Å².